The van der Waals surface area contributed by atoms with Gasteiger partial charge < -0.3 is 15.0 Å². The number of benzene rings is 1. The molecule has 112 valence electrons. The number of nitrogens with two attached hydrogens (primary N) is 1. The van der Waals surface area contributed by atoms with Gasteiger partial charge in [0, 0.05) is 5.94 Å². The van der Waals surface area contributed by atoms with Crippen LogP contribution in [-0.2, 0) is 15.7 Å². The van der Waals surface area contributed by atoms with E-state index in [0.29, 0.717) is 0 Å². The van der Waals surface area contributed by atoms with Crippen LogP contribution in [0.4, 0.5) is 0 Å². The largest absolute Gasteiger partial charge is 0.475 e. The number of hydrogen-bond acceptors (Lipinski definition) is 3. The third-order valence-corrected chi connectivity index (χ3v) is 4.23. The Morgan fingerprint density at radius 1 is 1.05 bits per heavy atom. The summed E-state index contributed by atoms with van der Waals surface area (Å²) in [6.07, 6.45) is 1.81. The van der Waals surface area contributed by atoms with Crippen LogP contribution in [0.1, 0.15) is 39.7 Å². The maximum absolute atomic E-state index is 6.22. The lowest BCUT2D eigenvalue weighted by molar-refractivity contribution is 0.00578. The quantitative estimate of drug-likeness (QED) is 0.869. The standard InChI is InChI=1S/C15H24BNO2.ClH/c1-14(2)15(3,4)19-16(18-14)13(17)11-10-12-8-6-5-7-9-12;/h5-9,13H,10-11,17H2,1-4H3;1H/t13-;/m1./s1. The van der Waals surface area contributed by atoms with Crippen molar-refractivity contribution < 1.29 is 9.31 Å². The Hall–Kier alpha value is -0.545. The summed E-state index contributed by atoms with van der Waals surface area (Å²) in [6.45, 7) is 8.21. The molecule has 0 bridgehead atoms. The normalized spacial score (nSPS) is 21.4. The van der Waals surface area contributed by atoms with Gasteiger partial charge in [-0.15, -0.1) is 12.4 Å². The third kappa shape index (κ3) is 3.76. The van der Waals surface area contributed by atoms with Gasteiger partial charge in [-0.05, 0) is 46.1 Å². The fourth-order valence-electron chi connectivity index (χ4n) is 2.18. The molecule has 2 N–H and O–H groups in total. The van der Waals surface area contributed by atoms with E-state index in [9.17, 15) is 0 Å². The first-order valence-corrected chi connectivity index (χ1v) is 6.97. The Kier molecular flexibility index (Phi) is 5.67. The minimum absolute atomic E-state index is 0. The Bertz CT molecular complexity index is 409. The summed E-state index contributed by atoms with van der Waals surface area (Å²) in [5.74, 6) is -0.0961. The molecule has 1 fully saturated rings. The molecule has 0 radical (unpaired) electrons. The molecule has 1 atom stereocenters. The predicted octanol–water partition coefficient (Wildman–Crippen LogP) is 3.00. The van der Waals surface area contributed by atoms with E-state index in [1.165, 1.54) is 5.56 Å². The zero-order valence-corrected chi connectivity index (χ0v) is 13.6. The lowest BCUT2D eigenvalue weighted by Gasteiger charge is -2.32. The summed E-state index contributed by atoms with van der Waals surface area (Å²) >= 11 is 0. The van der Waals surface area contributed by atoms with Gasteiger partial charge in [-0.2, -0.15) is 0 Å². The van der Waals surface area contributed by atoms with Crippen molar-refractivity contribution in [2.24, 2.45) is 5.73 Å². The average Bonchev–Trinajstić information content (AvgIpc) is 2.57. The summed E-state index contributed by atoms with van der Waals surface area (Å²) in [7, 11) is -0.311. The molecule has 0 amide bonds. The molecule has 2 rings (SSSR count). The van der Waals surface area contributed by atoms with E-state index in [2.05, 4.69) is 52.0 Å². The Labute approximate surface area is 128 Å². The average molecular weight is 298 g/mol. The highest BCUT2D eigenvalue weighted by molar-refractivity contribution is 6.47. The number of hydrogen-bond donors (Lipinski definition) is 1. The van der Waals surface area contributed by atoms with Crippen molar-refractivity contribution in [2.45, 2.75) is 57.7 Å². The zero-order chi connectivity index (χ0) is 14.1. The van der Waals surface area contributed by atoms with E-state index >= 15 is 0 Å². The van der Waals surface area contributed by atoms with E-state index in [4.69, 9.17) is 15.0 Å². The molecular weight excluding hydrogens is 272 g/mol. The second-order valence-electron chi connectivity index (χ2n) is 6.31. The fourth-order valence-corrected chi connectivity index (χ4v) is 2.18. The first-order chi connectivity index (χ1) is 8.82. The molecule has 0 aromatic heterocycles. The van der Waals surface area contributed by atoms with Crippen LogP contribution in [0.3, 0.4) is 0 Å². The number of halogens is 1. The highest BCUT2D eigenvalue weighted by Crippen LogP contribution is 2.37. The van der Waals surface area contributed by atoms with E-state index in [0.717, 1.165) is 12.8 Å². The maximum atomic E-state index is 6.22. The molecule has 3 nitrogen and oxygen atoms in total. The van der Waals surface area contributed by atoms with Gasteiger partial charge in [0.2, 0.25) is 0 Å². The lowest BCUT2D eigenvalue weighted by Crippen LogP contribution is -2.41. The Morgan fingerprint density at radius 2 is 1.55 bits per heavy atom. The Balaban J connectivity index is 0.00000200. The third-order valence-electron chi connectivity index (χ3n) is 4.23. The first-order valence-electron chi connectivity index (χ1n) is 6.97. The van der Waals surface area contributed by atoms with Crippen LogP contribution in [0.25, 0.3) is 0 Å². The van der Waals surface area contributed by atoms with Crippen molar-refractivity contribution >= 4 is 19.5 Å². The van der Waals surface area contributed by atoms with Crippen LogP contribution >= 0.6 is 12.4 Å². The van der Waals surface area contributed by atoms with E-state index < -0.39 is 0 Å². The molecule has 5 heteroatoms. The van der Waals surface area contributed by atoms with Crippen LogP contribution in [0.2, 0.25) is 0 Å². The molecule has 0 spiro atoms. The SMILES string of the molecule is CC1(C)OB([C@H](N)CCc2ccccc2)OC1(C)C.Cl. The second kappa shape index (κ2) is 6.48. The van der Waals surface area contributed by atoms with Gasteiger partial charge in [0.1, 0.15) is 0 Å². The van der Waals surface area contributed by atoms with E-state index in [-0.39, 0.29) is 36.7 Å². The first kappa shape index (κ1) is 17.5. The van der Waals surface area contributed by atoms with Gasteiger partial charge in [0.15, 0.2) is 0 Å². The summed E-state index contributed by atoms with van der Waals surface area (Å²) in [6, 6.07) is 10.4. The smallest absolute Gasteiger partial charge is 0.402 e. The van der Waals surface area contributed by atoms with Crippen molar-refractivity contribution in [3.63, 3.8) is 0 Å². The van der Waals surface area contributed by atoms with Crippen molar-refractivity contribution in [2.75, 3.05) is 0 Å². The lowest BCUT2D eigenvalue weighted by atomic mass is 9.76. The highest BCUT2D eigenvalue weighted by Gasteiger charge is 2.52. The molecule has 1 aliphatic heterocycles. The molecule has 1 aromatic carbocycles. The van der Waals surface area contributed by atoms with Crippen LogP contribution in [0, 0.1) is 0 Å². The minimum atomic E-state index is -0.311. The van der Waals surface area contributed by atoms with E-state index in [1.54, 1.807) is 0 Å². The molecule has 20 heavy (non-hydrogen) atoms. The molecule has 0 unspecified atom stereocenters. The van der Waals surface area contributed by atoms with Gasteiger partial charge >= 0.3 is 7.12 Å². The van der Waals surface area contributed by atoms with Crippen LogP contribution in [-0.4, -0.2) is 24.3 Å². The monoisotopic (exact) mass is 297 g/mol. The van der Waals surface area contributed by atoms with E-state index in [1.807, 2.05) is 6.07 Å². The van der Waals surface area contributed by atoms with Gasteiger partial charge in [0.25, 0.3) is 0 Å². The molecule has 1 aliphatic rings. The summed E-state index contributed by atoms with van der Waals surface area (Å²) in [5.41, 5.74) is 6.91. The van der Waals surface area contributed by atoms with Gasteiger partial charge in [0.05, 0.1) is 11.2 Å². The van der Waals surface area contributed by atoms with Crippen LogP contribution in [0.15, 0.2) is 30.3 Å². The van der Waals surface area contributed by atoms with Crippen LogP contribution in [0.5, 0.6) is 0 Å². The Morgan fingerprint density at radius 3 is 2.05 bits per heavy atom. The molecule has 1 heterocycles. The molecule has 0 saturated carbocycles. The van der Waals surface area contributed by atoms with Gasteiger partial charge in [-0.1, -0.05) is 30.3 Å². The van der Waals surface area contributed by atoms with Crippen molar-refractivity contribution in [1.29, 1.82) is 0 Å². The van der Waals surface area contributed by atoms with Crippen molar-refractivity contribution in [3.8, 4) is 0 Å². The topological polar surface area (TPSA) is 44.5 Å². The van der Waals surface area contributed by atoms with Gasteiger partial charge in [-0.25, -0.2) is 0 Å². The van der Waals surface area contributed by atoms with Crippen LogP contribution < -0.4 is 5.73 Å². The fraction of sp³-hybridized carbons (Fsp3) is 0.600. The second-order valence-corrected chi connectivity index (χ2v) is 6.31. The zero-order valence-electron chi connectivity index (χ0n) is 12.8. The molecular formula is C15H25BClNO2. The molecule has 1 saturated heterocycles. The minimum Gasteiger partial charge on any atom is -0.402 e. The summed E-state index contributed by atoms with van der Waals surface area (Å²) in [5, 5.41) is 0. The summed E-state index contributed by atoms with van der Waals surface area (Å²) in [4.78, 5) is 0. The van der Waals surface area contributed by atoms with Crippen molar-refractivity contribution in [1.82, 2.24) is 0 Å². The van der Waals surface area contributed by atoms with Gasteiger partial charge in [-0.3, -0.25) is 0 Å². The molecule has 0 aliphatic carbocycles. The number of aryl methyl sites for hydroxylation is 1. The van der Waals surface area contributed by atoms with Crippen molar-refractivity contribution in [3.05, 3.63) is 35.9 Å². The maximum Gasteiger partial charge on any atom is 0.475 e. The molecule has 1 aromatic rings. The highest BCUT2D eigenvalue weighted by atomic mass is 35.5. The number of rotatable bonds is 4. The predicted molar refractivity (Wildman–Crippen MR) is 86.1 cm³/mol. The summed E-state index contributed by atoms with van der Waals surface area (Å²) < 4.78 is 11.9.